The predicted molar refractivity (Wildman–Crippen MR) is 117 cm³/mol. The predicted octanol–water partition coefficient (Wildman–Crippen LogP) is 0.858. The van der Waals surface area contributed by atoms with Crippen LogP contribution in [0.25, 0.3) is 5.65 Å². The van der Waals surface area contributed by atoms with Crippen molar-refractivity contribution in [1.82, 2.24) is 19.6 Å². The Balaban J connectivity index is 1.74. The molecule has 31 heavy (non-hydrogen) atoms. The van der Waals surface area contributed by atoms with Crippen molar-refractivity contribution >= 4 is 40.8 Å². The maximum absolute atomic E-state index is 12.6. The van der Waals surface area contributed by atoms with Crippen LogP contribution in [0.1, 0.15) is 43.0 Å². The van der Waals surface area contributed by atoms with Gasteiger partial charge in [0, 0.05) is 19.4 Å². The molecule has 7 N–H and O–H groups in total. The molecule has 0 aromatic carbocycles. The number of carbonyl (C=O) groups excluding carboxylic acids is 2. The van der Waals surface area contributed by atoms with Crippen molar-refractivity contribution in [2.75, 3.05) is 18.5 Å². The van der Waals surface area contributed by atoms with E-state index in [4.69, 9.17) is 33.8 Å². The second kappa shape index (κ2) is 7.65. The smallest absolute Gasteiger partial charge is 0.331 e. The monoisotopic (exact) mass is 445 g/mol. The molecule has 2 aliphatic rings. The Kier molecular flexibility index (Phi) is 5.13. The third-order valence-corrected chi connectivity index (χ3v) is 5.54. The van der Waals surface area contributed by atoms with Crippen LogP contribution in [-0.4, -0.2) is 45.8 Å². The van der Waals surface area contributed by atoms with Gasteiger partial charge in [0.05, 0.1) is 17.4 Å². The molecule has 0 spiro atoms. The van der Waals surface area contributed by atoms with Crippen molar-refractivity contribution in [2.45, 2.75) is 31.7 Å². The lowest BCUT2D eigenvalue weighted by atomic mass is 10.1. The highest BCUT2D eigenvalue weighted by Crippen LogP contribution is 2.42. The van der Waals surface area contributed by atoms with Gasteiger partial charge in [0.15, 0.2) is 17.4 Å². The molecule has 12 heteroatoms. The van der Waals surface area contributed by atoms with Crippen LogP contribution in [0.4, 0.5) is 10.5 Å². The van der Waals surface area contributed by atoms with Crippen molar-refractivity contribution < 1.29 is 9.59 Å². The van der Waals surface area contributed by atoms with E-state index in [2.05, 4.69) is 10.3 Å². The molecule has 164 valence electrons. The number of hydrogen-bond acceptors (Lipinski definition) is 6. The number of guanidine groups is 1. The number of nitrogens with zero attached hydrogens (tertiary/aromatic N) is 5. The number of anilines is 1. The number of pyridine rings is 1. The summed E-state index contributed by atoms with van der Waals surface area (Å²) in [5.74, 6) is 0.132. The van der Waals surface area contributed by atoms with Crippen molar-refractivity contribution in [2.24, 2.45) is 22.2 Å². The molecule has 3 heterocycles. The van der Waals surface area contributed by atoms with Gasteiger partial charge in [0.1, 0.15) is 11.7 Å². The van der Waals surface area contributed by atoms with Crippen LogP contribution in [0, 0.1) is 0 Å². The summed E-state index contributed by atoms with van der Waals surface area (Å²) in [6.45, 7) is 1.83. The highest BCUT2D eigenvalue weighted by Gasteiger charge is 2.36. The van der Waals surface area contributed by atoms with E-state index in [0.29, 0.717) is 22.9 Å². The largest absolute Gasteiger partial charge is 0.386 e. The number of fused-ring (bicyclic) bond motifs is 1. The molecule has 4 rings (SSSR count). The fraction of sp³-hybridized carbons (Fsp3) is 0.368. The number of aromatic nitrogens is 2. The Bertz CT molecular complexity index is 1130. The maximum atomic E-state index is 12.6. The lowest BCUT2D eigenvalue weighted by Gasteiger charge is -2.17. The van der Waals surface area contributed by atoms with Crippen molar-refractivity contribution in [3.8, 4) is 0 Å². The van der Waals surface area contributed by atoms with Gasteiger partial charge in [-0.1, -0.05) is 11.6 Å². The van der Waals surface area contributed by atoms with Gasteiger partial charge >= 0.3 is 6.03 Å². The lowest BCUT2D eigenvalue weighted by Crippen LogP contribution is -2.30. The second-order valence-electron chi connectivity index (χ2n) is 7.75. The summed E-state index contributed by atoms with van der Waals surface area (Å²) in [6, 6.07) is 1.22. The number of nitrogens with two attached hydrogens (primary N) is 3. The minimum atomic E-state index is -0.372. The first-order valence-electron chi connectivity index (χ1n) is 9.77. The average Bonchev–Trinajstić information content (AvgIpc) is 3.42. The third-order valence-electron chi connectivity index (χ3n) is 5.36. The number of carbonyl (C=O) groups is 2. The number of urea groups is 1. The van der Waals surface area contributed by atoms with Crippen LogP contribution in [0.3, 0.4) is 0 Å². The number of aliphatic imine (C=N–C) groups is 1. The summed E-state index contributed by atoms with van der Waals surface area (Å²) in [7, 11) is 1.48. The summed E-state index contributed by atoms with van der Waals surface area (Å²) < 4.78 is 1.88. The minimum Gasteiger partial charge on any atom is -0.386 e. The van der Waals surface area contributed by atoms with Crippen LogP contribution >= 0.6 is 11.6 Å². The van der Waals surface area contributed by atoms with Crippen LogP contribution in [0.15, 0.2) is 34.4 Å². The fourth-order valence-electron chi connectivity index (χ4n) is 3.52. The number of likely N-dealkylation sites (N-methyl/N-ethyl adjacent to an activating group) is 1. The lowest BCUT2D eigenvalue weighted by molar-refractivity contribution is -0.123. The Morgan fingerprint density at radius 1 is 1.29 bits per heavy atom. The Labute approximate surface area is 183 Å². The van der Waals surface area contributed by atoms with E-state index in [9.17, 15) is 9.59 Å². The highest BCUT2D eigenvalue weighted by molar-refractivity contribution is 6.29. The van der Waals surface area contributed by atoms with Gasteiger partial charge < -0.3 is 26.9 Å². The average molecular weight is 446 g/mol. The first-order valence-corrected chi connectivity index (χ1v) is 10.2. The molecule has 1 aliphatic heterocycles. The molecule has 11 nitrogen and oxygen atoms in total. The van der Waals surface area contributed by atoms with Gasteiger partial charge in [-0.3, -0.25) is 14.6 Å². The summed E-state index contributed by atoms with van der Waals surface area (Å²) in [4.78, 5) is 35.9. The van der Waals surface area contributed by atoms with Crippen molar-refractivity contribution in [3.63, 3.8) is 0 Å². The van der Waals surface area contributed by atoms with Gasteiger partial charge in [-0.2, -0.15) is 4.99 Å². The van der Waals surface area contributed by atoms with Gasteiger partial charge in [-0.05, 0) is 37.3 Å². The van der Waals surface area contributed by atoms with E-state index in [1.807, 2.05) is 29.8 Å². The fourth-order valence-corrected chi connectivity index (χ4v) is 3.61. The molecule has 2 aromatic rings. The SMILES string of the molecule is C[C@@H](N/C(N=C(N)N)=C(/N)Cl)c1cn2cc(C3CC3)cc(N3CC(=O)N(C)C3=O)c2n1. The first kappa shape index (κ1) is 20.8. The molecule has 1 aliphatic carbocycles. The third kappa shape index (κ3) is 3.96. The number of imide groups is 1. The number of rotatable bonds is 6. The standard InChI is InChI=1S/C19H24ClN9O2/c1-9(24-16(15(20)21)26-18(22)23)12-7-28-6-11(10-3-4-10)5-13(17(28)25-12)29-8-14(30)27(2)19(29)31/h5-7,9-10,24H,3-4,8,21H2,1-2H3,(H4,22,23,26)/b16-15-/t9-/m1/s1. The summed E-state index contributed by atoms with van der Waals surface area (Å²) in [6.07, 6.45) is 6.05. The second-order valence-corrected chi connectivity index (χ2v) is 8.16. The highest BCUT2D eigenvalue weighted by atomic mass is 35.5. The Hall–Kier alpha value is -3.47. The molecular weight excluding hydrogens is 422 g/mol. The molecule has 1 saturated heterocycles. The zero-order chi connectivity index (χ0) is 22.4. The van der Waals surface area contributed by atoms with Crippen LogP contribution in [0.2, 0.25) is 0 Å². The molecule has 2 fully saturated rings. The van der Waals surface area contributed by atoms with E-state index in [-0.39, 0.29) is 41.5 Å². The topological polar surface area (TPSA) is 160 Å². The molecule has 1 atom stereocenters. The van der Waals surface area contributed by atoms with E-state index in [1.54, 1.807) is 0 Å². The number of halogens is 1. The molecular formula is C19H24ClN9O2. The first-order chi connectivity index (χ1) is 14.7. The number of nitrogens with one attached hydrogen (secondary N) is 1. The van der Waals surface area contributed by atoms with Gasteiger partial charge in [-0.15, -0.1) is 0 Å². The normalized spacial score (nSPS) is 18.4. The Morgan fingerprint density at radius 3 is 2.55 bits per heavy atom. The molecule has 0 radical (unpaired) electrons. The van der Waals surface area contributed by atoms with E-state index >= 15 is 0 Å². The molecule has 0 bridgehead atoms. The van der Waals surface area contributed by atoms with Gasteiger partial charge in [-0.25, -0.2) is 9.78 Å². The van der Waals surface area contributed by atoms with Gasteiger partial charge in [0.25, 0.3) is 0 Å². The van der Waals surface area contributed by atoms with Gasteiger partial charge in [0.2, 0.25) is 5.91 Å². The molecule has 2 aromatic heterocycles. The maximum Gasteiger partial charge on any atom is 0.331 e. The summed E-state index contributed by atoms with van der Waals surface area (Å²) in [5.41, 5.74) is 19.4. The van der Waals surface area contributed by atoms with E-state index in [1.165, 1.54) is 11.9 Å². The van der Waals surface area contributed by atoms with Crippen LogP contribution < -0.4 is 27.4 Å². The zero-order valence-electron chi connectivity index (χ0n) is 17.2. The Morgan fingerprint density at radius 2 is 2.00 bits per heavy atom. The quantitative estimate of drug-likeness (QED) is 0.222. The zero-order valence-corrected chi connectivity index (χ0v) is 17.9. The summed E-state index contributed by atoms with van der Waals surface area (Å²) in [5, 5.41) is 2.95. The van der Waals surface area contributed by atoms with E-state index in [0.717, 1.165) is 23.3 Å². The number of hydrogen-bond donors (Lipinski definition) is 4. The molecule has 1 saturated carbocycles. The van der Waals surface area contributed by atoms with E-state index < -0.39 is 0 Å². The minimum absolute atomic E-state index is 0.0186. The number of amides is 3. The van der Waals surface area contributed by atoms with Crippen LogP contribution in [0.5, 0.6) is 0 Å². The van der Waals surface area contributed by atoms with Crippen LogP contribution in [-0.2, 0) is 4.79 Å². The summed E-state index contributed by atoms with van der Waals surface area (Å²) >= 11 is 5.89. The number of imidazole rings is 1. The molecule has 0 unspecified atom stereocenters. The van der Waals surface area contributed by atoms with Crippen molar-refractivity contribution in [3.05, 3.63) is 40.7 Å². The van der Waals surface area contributed by atoms with Crippen molar-refractivity contribution in [1.29, 1.82) is 0 Å². The molecule has 3 amide bonds.